The zero-order valence-corrected chi connectivity index (χ0v) is 16.2. The van der Waals surface area contributed by atoms with Crippen molar-refractivity contribution in [3.63, 3.8) is 0 Å². The number of nitrogens with one attached hydrogen (secondary N) is 3. The monoisotopic (exact) mass is 383 g/mol. The molecule has 3 N–H and O–H groups in total. The molecule has 0 spiro atoms. The molecule has 148 valence electrons. The molecule has 7 nitrogen and oxygen atoms in total. The van der Waals surface area contributed by atoms with E-state index in [0.717, 1.165) is 0 Å². The molecule has 0 unspecified atom stereocenters. The summed E-state index contributed by atoms with van der Waals surface area (Å²) >= 11 is 0. The van der Waals surface area contributed by atoms with Gasteiger partial charge in [0.25, 0.3) is 11.8 Å². The van der Waals surface area contributed by atoms with E-state index in [1.165, 1.54) is 0 Å². The van der Waals surface area contributed by atoms with Crippen LogP contribution < -0.4 is 20.9 Å². The first-order chi connectivity index (χ1) is 13.4. The van der Waals surface area contributed by atoms with E-state index in [0.29, 0.717) is 35.6 Å². The lowest BCUT2D eigenvalue weighted by Crippen LogP contribution is -2.41. The van der Waals surface area contributed by atoms with E-state index < -0.39 is 11.8 Å². The van der Waals surface area contributed by atoms with Gasteiger partial charge in [0, 0.05) is 23.2 Å². The Labute approximate surface area is 164 Å². The summed E-state index contributed by atoms with van der Waals surface area (Å²) in [4.78, 5) is 36.0. The molecular formula is C21H25N3O4. The van der Waals surface area contributed by atoms with E-state index >= 15 is 0 Å². The second kappa shape index (κ2) is 10.1. The molecule has 0 aromatic heterocycles. The van der Waals surface area contributed by atoms with Gasteiger partial charge in [-0.05, 0) is 61.4 Å². The fourth-order valence-corrected chi connectivity index (χ4v) is 2.41. The first kappa shape index (κ1) is 21.0. The van der Waals surface area contributed by atoms with Crippen molar-refractivity contribution in [2.24, 2.45) is 5.92 Å². The third-order valence-corrected chi connectivity index (χ3v) is 3.74. The highest BCUT2D eigenvalue weighted by Crippen LogP contribution is 2.13. The molecule has 0 heterocycles. The summed E-state index contributed by atoms with van der Waals surface area (Å²) < 4.78 is 5.32. The Kier molecular flexibility index (Phi) is 7.56. The van der Waals surface area contributed by atoms with Crippen LogP contribution in [0.4, 0.5) is 5.69 Å². The Morgan fingerprint density at radius 2 is 1.36 bits per heavy atom. The van der Waals surface area contributed by atoms with Gasteiger partial charge in [-0.15, -0.1) is 0 Å². The SMILES string of the molecule is CCOc1ccc(C(=O)NNC(=O)c2ccc(NC(=O)CC(C)C)cc2)cc1. The molecule has 0 aliphatic heterocycles. The predicted molar refractivity (Wildman–Crippen MR) is 107 cm³/mol. The number of anilines is 1. The molecule has 0 atom stereocenters. The van der Waals surface area contributed by atoms with E-state index in [1.54, 1.807) is 48.5 Å². The van der Waals surface area contributed by atoms with Crippen molar-refractivity contribution in [2.75, 3.05) is 11.9 Å². The second-order valence-corrected chi connectivity index (χ2v) is 6.59. The lowest BCUT2D eigenvalue weighted by atomic mass is 10.1. The van der Waals surface area contributed by atoms with Crippen LogP contribution in [0, 0.1) is 5.92 Å². The number of amides is 3. The molecule has 0 saturated carbocycles. The first-order valence-corrected chi connectivity index (χ1v) is 9.12. The highest BCUT2D eigenvalue weighted by molar-refractivity contribution is 5.99. The summed E-state index contributed by atoms with van der Waals surface area (Å²) in [5, 5.41) is 2.77. The van der Waals surface area contributed by atoms with Gasteiger partial charge in [0.05, 0.1) is 6.61 Å². The summed E-state index contributed by atoms with van der Waals surface area (Å²) in [7, 11) is 0. The highest BCUT2D eigenvalue weighted by Gasteiger charge is 2.10. The molecule has 2 aromatic carbocycles. The molecule has 0 saturated heterocycles. The molecule has 3 amide bonds. The van der Waals surface area contributed by atoms with Crippen molar-refractivity contribution in [1.29, 1.82) is 0 Å². The van der Waals surface area contributed by atoms with Crippen molar-refractivity contribution in [3.8, 4) is 5.75 Å². The van der Waals surface area contributed by atoms with Gasteiger partial charge in [-0.25, -0.2) is 0 Å². The van der Waals surface area contributed by atoms with E-state index in [1.807, 2.05) is 20.8 Å². The normalized spacial score (nSPS) is 10.3. The largest absolute Gasteiger partial charge is 0.494 e. The van der Waals surface area contributed by atoms with Crippen molar-refractivity contribution < 1.29 is 19.1 Å². The Bertz CT molecular complexity index is 815. The number of benzene rings is 2. The van der Waals surface area contributed by atoms with E-state index in [-0.39, 0.29) is 11.8 Å². The molecule has 7 heteroatoms. The maximum atomic E-state index is 12.2. The maximum absolute atomic E-state index is 12.2. The standard InChI is InChI=1S/C21H25N3O4/c1-4-28-18-11-7-16(8-12-18)21(27)24-23-20(26)15-5-9-17(10-6-15)22-19(25)13-14(2)3/h5-12,14H,4,13H2,1-3H3,(H,22,25)(H,23,26)(H,24,27). The summed E-state index contributed by atoms with van der Waals surface area (Å²) in [6.07, 6.45) is 0.430. The number of hydrogen-bond acceptors (Lipinski definition) is 4. The summed E-state index contributed by atoms with van der Waals surface area (Å²) in [5.74, 6) is -0.0316. The van der Waals surface area contributed by atoms with Gasteiger partial charge in [0.1, 0.15) is 5.75 Å². The molecule has 0 bridgehead atoms. The van der Waals surface area contributed by atoms with Crippen LogP contribution in [-0.4, -0.2) is 24.3 Å². The zero-order chi connectivity index (χ0) is 20.5. The summed E-state index contributed by atoms with van der Waals surface area (Å²) in [5.41, 5.74) is 6.10. The van der Waals surface area contributed by atoms with Gasteiger partial charge < -0.3 is 10.1 Å². The van der Waals surface area contributed by atoms with Crippen LogP contribution in [0.1, 0.15) is 47.9 Å². The minimum Gasteiger partial charge on any atom is -0.494 e. The van der Waals surface area contributed by atoms with E-state index in [4.69, 9.17) is 4.74 Å². The fourth-order valence-electron chi connectivity index (χ4n) is 2.41. The number of ether oxygens (including phenoxy) is 1. The molecule has 2 rings (SSSR count). The molecule has 0 aliphatic rings. The third kappa shape index (κ3) is 6.42. The highest BCUT2D eigenvalue weighted by atomic mass is 16.5. The summed E-state index contributed by atoms with van der Waals surface area (Å²) in [6, 6.07) is 13.0. The minimum atomic E-state index is -0.459. The van der Waals surface area contributed by atoms with Gasteiger partial charge in [-0.3, -0.25) is 25.2 Å². The van der Waals surface area contributed by atoms with Crippen LogP contribution in [0.3, 0.4) is 0 Å². The van der Waals surface area contributed by atoms with Gasteiger partial charge in [0.15, 0.2) is 0 Å². The maximum Gasteiger partial charge on any atom is 0.269 e. The smallest absolute Gasteiger partial charge is 0.269 e. The van der Waals surface area contributed by atoms with Gasteiger partial charge in [-0.2, -0.15) is 0 Å². The van der Waals surface area contributed by atoms with Crippen LogP contribution in [0.2, 0.25) is 0 Å². The van der Waals surface area contributed by atoms with Crippen molar-refractivity contribution in [2.45, 2.75) is 27.2 Å². The van der Waals surface area contributed by atoms with Crippen LogP contribution >= 0.6 is 0 Å². The van der Waals surface area contributed by atoms with Gasteiger partial charge >= 0.3 is 0 Å². The summed E-state index contributed by atoms with van der Waals surface area (Å²) in [6.45, 7) is 6.35. The quantitative estimate of drug-likeness (QED) is 0.640. The fraction of sp³-hybridized carbons (Fsp3) is 0.286. The third-order valence-electron chi connectivity index (χ3n) is 3.74. The Hall–Kier alpha value is -3.35. The Balaban J connectivity index is 1.86. The predicted octanol–water partition coefficient (Wildman–Crippen LogP) is 3.14. The Morgan fingerprint density at radius 1 is 0.857 bits per heavy atom. The molecule has 0 fully saturated rings. The minimum absolute atomic E-state index is 0.0742. The Morgan fingerprint density at radius 3 is 1.82 bits per heavy atom. The van der Waals surface area contributed by atoms with Crippen LogP contribution in [0.15, 0.2) is 48.5 Å². The van der Waals surface area contributed by atoms with Crippen LogP contribution in [0.25, 0.3) is 0 Å². The van der Waals surface area contributed by atoms with E-state index in [2.05, 4.69) is 16.2 Å². The van der Waals surface area contributed by atoms with Gasteiger partial charge in [0.2, 0.25) is 5.91 Å². The molecule has 0 radical (unpaired) electrons. The number of hydrazine groups is 1. The molecule has 28 heavy (non-hydrogen) atoms. The van der Waals surface area contributed by atoms with Crippen LogP contribution in [-0.2, 0) is 4.79 Å². The van der Waals surface area contributed by atoms with Crippen molar-refractivity contribution in [3.05, 3.63) is 59.7 Å². The van der Waals surface area contributed by atoms with Crippen molar-refractivity contribution >= 4 is 23.4 Å². The van der Waals surface area contributed by atoms with E-state index in [9.17, 15) is 14.4 Å². The topological polar surface area (TPSA) is 96.5 Å². The zero-order valence-electron chi connectivity index (χ0n) is 16.2. The number of hydrogen-bond donors (Lipinski definition) is 3. The number of carbonyl (C=O) groups is 3. The molecule has 0 aliphatic carbocycles. The first-order valence-electron chi connectivity index (χ1n) is 9.12. The average Bonchev–Trinajstić information content (AvgIpc) is 2.66. The molecular weight excluding hydrogens is 358 g/mol. The van der Waals surface area contributed by atoms with Crippen molar-refractivity contribution in [1.82, 2.24) is 10.9 Å². The lowest BCUT2D eigenvalue weighted by molar-refractivity contribution is -0.116. The lowest BCUT2D eigenvalue weighted by Gasteiger charge is -2.10. The number of carbonyl (C=O) groups excluding carboxylic acids is 3. The molecule has 2 aromatic rings. The average molecular weight is 383 g/mol. The second-order valence-electron chi connectivity index (χ2n) is 6.59. The van der Waals surface area contributed by atoms with Crippen LogP contribution in [0.5, 0.6) is 5.75 Å². The number of rotatable bonds is 7. The van der Waals surface area contributed by atoms with Gasteiger partial charge in [-0.1, -0.05) is 13.8 Å².